The average Bonchev–Trinajstić information content (AvgIpc) is 2.38. The topological polar surface area (TPSA) is 78.9 Å². The van der Waals surface area contributed by atoms with Crippen LogP contribution in [0.4, 0.5) is 4.79 Å². The molecule has 0 radical (unpaired) electrons. The van der Waals surface area contributed by atoms with Crippen molar-refractivity contribution in [3.63, 3.8) is 0 Å². The molecule has 0 aliphatic rings. The fourth-order valence-corrected chi connectivity index (χ4v) is 1.67. The van der Waals surface area contributed by atoms with E-state index in [9.17, 15) is 9.59 Å². The lowest BCUT2D eigenvalue weighted by Gasteiger charge is -2.20. The van der Waals surface area contributed by atoms with E-state index in [0.29, 0.717) is 32.7 Å². The molecular formula is C13H26N2O4. The second-order valence-corrected chi connectivity index (χ2v) is 4.36. The van der Waals surface area contributed by atoms with Crippen molar-refractivity contribution < 1.29 is 19.4 Å². The first-order chi connectivity index (χ1) is 9.11. The molecule has 0 heterocycles. The van der Waals surface area contributed by atoms with Gasteiger partial charge in [-0.25, -0.2) is 4.79 Å². The molecule has 0 aromatic heterocycles. The predicted octanol–water partition coefficient (Wildman–Crippen LogP) is 1.70. The standard InChI is InChI=1S/C13H26N2O4/c1-3-15(10-11-19-2)13(18)14-9-7-5-4-6-8-12(16)17/h3-11H2,1-2H3,(H,14,18)(H,16,17). The van der Waals surface area contributed by atoms with Crippen molar-refractivity contribution in [1.29, 1.82) is 0 Å². The van der Waals surface area contributed by atoms with Gasteiger partial charge in [0.15, 0.2) is 0 Å². The van der Waals surface area contributed by atoms with E-state index in [2.05, 4.69) is 5.32 Å². The second-order valence-electron chi connectivity index (χ2n) is 4.36. The minimum atomic E-state index is -0.745. The van der Waals surface area contributed by atoms with Gasteiger partial charge in [-0.3, -0.25) is 4.79 Å². The number of urea groups is 1. The Balaban J connectivity index is 3.53. The molecule has 0 aromatic carbocycles. The molecule has 0 saturated heterocycles. The number of methoxy groups -OCH3 is 1. The Morgan fingerprint density at radius 1 is 1.21 bits per heavy atom. The van der Waals surface area contributed by atoms with E-state index >= 15 is 0 Å². The van der Waals surface area contributed by atoms with E-state index in [0.717, 1.165) is 19.3 Å². The van der Waals surface area contributed by atoms with Crippen LogP contribution in [0.25, 0.3) is 0 Å². The molecule has 0 bridgehead atoms. The lowest BCUT2D eigenvalue weighted by atomic mass is 10.1. The normalized spacial score (nSPS) is 10.2. The van der Waals surface area contributed by atoms with E-state index in [-0.39, 0.29) is 12.5 Å². The minimum Gasteiger partial charge on any atom is -0.481 e. The SMILES string of the molecule is CCN(CCOC)C(=O)NCCCCCCC(=O)O. The van der Waals surface area contributed by atoms with Crippen molar-refractivity contribution in [1.82, 2.24) is 10.2 Å². The Labute approximate surface area is 115 Å². The summed E-state index contributed by atoms with van der Waals surface area (Å²) in [4.78, 5) is 23.7. The summed E-state index contributed by atoms with van der Waals surface area (Å²) in [5.74, 6) is -0.745. The van der Waals surface area contributed by atoms with Crippen molar-refractivity contribution in [2.75, 3.05) is 33.4 Å². The molecule has 0 atom stereocenters. The maximum atomic E-state index is 11.7. The molecule has 0 unspecified atom stereocenters. The molecule has 0 spiro atoms. The van der Waals surface area contributed by atoms with Crippen LogP contribution in [0.3, 0.4) is 0 Å². The van der Waals surface area contributed by atoms with Crippen molar-refractivity contribution in [3.8, 4) is 0 Å². The lowest BCUT2D eigenvalue weighted by molar-refractivity contribution is -0.137. The van der Waals surface area contributed by atoms with E-state index in [1.165, 1.54) is 0 Å². The summed E-state index contributed by atoms with van der Waals surface area (Å²) in [6.07, 6.45) is 3.65. The molecule has 112 valence electrons. The van der Waals surface area contributed by atoms with Gasteiger partial charge in [0.25, 0.3) is 0 Å². The number of carbonyl (C=O) groups excluding carboxylic acids is 1. The number of carbonyl (C=O) groups is 2. The first-order valence-electron chi connectivity index (χ1n) is 6.85. The highest BCUT2D eigenvalue weighted by Gasteiger charge is 2.09. The number of carboxylic acid groups (broad SMARTS) is 1. The minimum absolute atomic E-state index is 0.0647. The molecule has 0 aliphatic carbocycles. The van der Waals surface area contributed by atoms with E-state index in [4.69, 9.17) is 9.84 Å². The molecular weight excluding hydrogens is 248 g/mol. The van der Waals surface area contributed by atoms with Gasteiger partial charge in [-0.15, -0.1) is 0 Å². The fourth-order valence-electron chi connectivity index (χ4n) is 1.67. The molecule has 0 aliphatic heterocycles. The Kier molecular flexibility index (Phi) is 11.0. The molecule has 2 N–H and O–H groups in total. The van der Waals surface area contributed by atoms with E-state index < -0.39 is 5.97 Å². The average molecular weight is 274 g/mol. The number of carboxylic acids is 1. The predicted molar refractivity (Wildman–Crippen MR) is 73.2 cm³/mol. The van der Waals surface area contributed by atoms with Gasteiger partial charge >= 0.3 is 12.0 Å². The zero-order valence-corrected chi connectivity index (χ0v) is 12.0. The van der Waals surface area contributed by atoms with Gasteiger partial charge < -0.3 is 20.1 Å². The van der Waals surface area contributed by atoms with Crippen LogP contribution < -0.4 is 5.32 Å². The summed E-state index contributed by atoms with van der Waals surface area (Å²) in [6.45, 7) is 4.36. The molecule has 6 heteroatoms. The Hall–Kier alpha value is -1.30. The molecule has 0 rings (SSSR count). The monoisotopic (exact) mass is 274 g/mol. The smallest absolute Gasteiger partial charge is 0.317 e. The molecule has 2 amide bonds. The third-order valence-electron chi connectivity index (χ3n) is 2.83. The van der Waals surface area contributed by atoms with Gasteiger partial charge in [-0.2, -0.15) is 0 Å². The van der Waals surface area contributed by atoms with Crippen molar-refractivity contribution in [3.05, 3.63) is 0 Å². The van der Waals surface area contributed by atoms with Crippen LogP contribution in [0.2, 0.25) is 0 Å². The maximum absolute atomic E-state index is 11.7. The number of amides is 2. The molecule has 19 heavy (non-hydrogen) atoms. The van der Waals surface area contributed by atoms with Crippen molar-refractivity contribution in [2.45, 2.75) is 39.0 Å². The number of nitrogens with zero attached hydrogens (tertiary/aromatic N) is 1. The number of nitrogens with one attached hydrogen (secondary N) is 1. The largest absolute Gasteiger partial charge is 0.481 e. The summed E-state index contributed by atoms with van der Waals surface area (Å²) in [6, 6.07) is -0.0647. The van der Waals surface area contributed by atoms with Gasteiger partial charge in [-0.1, -0.05) is 12.8 Å². The van der Waals surface area contributed by atoms with Crippen molar-refractivity contribution >= 4 is 12.0 Å². The van der Waals surface area contributed by atoms with Crippen LogP contribution in [0, 0.1) is 0 Å². The summed E-state index contributed by atoms with van der Waals surface area (Å²) in [5, 5.41) is 11.3. The first-order valence-corrected chi connectivity index (χ1v) is 6.85. The third-order valence-corrected chi connectivity index (χ3v) is 2.83. The van der Waals surface area contributed by atoms with Crippen LogP contribution in [0.5, 0.6) is 0 Å². The first kappa shape index (κ1) is 17.7. The van der Waals surface area contributed by atoms with Crippen LogP contribution >= 0.6 is 0 Å². The second kappa shape index (κ2) is 11.8. The number of aliphatic carboxylic acids is 1. The number of likely N-dealkylation sites (N-methyl/N-ethyl adjacent to an activating group) is 1. The van der Waals surface area contributed by atoms with Gasteiger partial charge in [0.2, 0.25) is 0 Å². The number of unbranched alkanes of at least 4 members (excludes halogenated alkanes) is 3. The van der Waals surface area contributed by atoms with Crippen LogP contribution in [-0.2, 0) is 9.53 Å². The van der Waals surface area contributed by atoms with Crippen LogP contribution in [0.15, 0.2) is 0 Å². The summed E-state index contributed by atoms with van der Waals surface area (Å²) < 4.78 is 4.94. The fraction of sp³-hybridized carbons (Fsp3) is 0.846. The van der Waals surface area contributed by atoms with Gasteiger partial charge in [0, 0.05) is 33.2 Å². The van der Waals surface area contributed by atoms with Gasteiger partial charge in [-0.05, 0) is 19.8 Å². The summed E-state index contributed by atoms with van der Waals surface area (Å²) in [7, 11) is 1.61. The van der Waals surface area contributed by atoms with Gasteiger partial charge in [0.05, 0.1) is 6.61 Å². The zero-order chi connectivity index (χ0) is 14.5. The lowest BCUT2D eigenvalue weighted by Crippen LogP contribution is -2.41. The number of ether oxygens (including phenoxy) is 1. The number of rotatable bonds is 11. The van der Waals surface area contributed by atoms with E-state index in [1.54, 1.807) is 12.0 Å². The third kappa shape index (κ3) is 10.3. The van der Waals surface area contributed by atoms with Crippen LogP contribution in [-0.4, -0.2) is 55.4 Å². The number of hydrogen-bond donors (Lipinski definition) is 2. The zero-order valence-electron chi connectivity index (χ0n) is 12.0. The highest BCUT2D eigenvalue weighted by Crippen LogP contribution is 2.02. The highest BCUT2D eigenvalue weighted by molar-refractivity contribution is 5.74. The molecule has 0 aromatic rings. The quantitative estimate of drug-likeness (QED) is 0.562. The molecule has 0 saturated carbocycles. The Bertz CT molecular complexity index is 259. The van der Waals surface area contributed by atoms with Crippen LogP contribution in [0.1, 0.15) is 39.0 Å². The van der Waals surface area contributed by atoms with Gasteiger partial charge in [0.1, 0.15) is 0 Å². The molecule has 6 nitrogen and oxygen atoms in total. The molecule has 0 fully saturated rings. The Morgan fingerprint density at radius 3 is 2.47 bits per heavy atom. The summed E-state index contributed by atoms with van der Waals surface area (Å²) >= 11 is 0. The van der Waals surface area contributed by atoms with Crippen molar-refractivity contribution in [2.24, 2.45) is 0 Å². The maximum Gasteiger partial charge on any atom is 0.317 e. The summed E-state index contributed by atoms with van der Waals surface area (Å²) in [5.41, 5.74) is 0. The van der Waals surface area contributed by atoms with E-state index in [1.807, 2.05) is 6.92 Å². The Morgan fingerprint density at radius 2 is 1.89 bits per heavy atom. The highest BCUT2D eigenvalue weighted by atomic mass is 16.5. The number of hydrogen-bond acceptors (Lipinski definition) is 3.